The average Bonchev–Trinajstić information content (AvgIpc) is 2.72. The molecule has 0 unspecified atom stereocenters. The summed E-state index contributed by atoms with van der Waals surface area (Å²) >= 11 is 0. The molecule has 1 aliphatic rings. The molecule has 1 N–H and O–H groups in total. The Morgan fingerprint density at radius 2 is 1.83 bits per heavy atom. The van der Waals surface area contributed by atoms with Crippen molar-refractivity contribution in [2.45, 2.75) is 56.9 Å². The number of amides is 2. The Labute approximate surface area is 171 Å². The van der Waals surface area contributed by atoms with Crippen LogP contribution in [0.4, 0.5) is 0 Å². The third-order valence-corrected chi connectivity index (χ3v) is 7.08. The molecule has 1 saturated carbocycles. The van der Waals surface area contributed by atoms with Gasteiger partial charge in [-0.1, -0.05) is 25.3 Å². The lowest BCUT2D eigenvalue weighted by atomic mass is 9.89. The van der Waals surface area contributed by atoms with Crippen molar-refractivity contribution in [1.82, 2.24) is 9.62 Å². The predicted octanol–water partition coefficient (Wildman–Crippen LogP) is 2.10. The van der Waals surface area contributed by atoms with Gasteiger partial charge in [0, 0.05) is 19.0 Å². The third-order valence-electron chi connectivity index (χ3n) is 5.05. The Morgan fingerprint density at radius 1 is 1.17 bits per heavy atom. The van der Waals surface area contributed by atoms with Crippen molar-refractivity contribution in [2.24, 2.45) is 5.92 Å². The second-order valence-electron chi connectivity index (χ2n) is 7.47. The summed E-state index contributed by atoms with van der Waals surface area (Å²) in [6.07, 6.45) is 4.53. The minimum atomic E-state index is -3.75. The van der Waals surface area contributed by atoms with E-state index in [2.05, 4.69) is 5.32 Å². The summed E-state index contributed by atoms with van der Waals surface area (Å²) in [5.41, 5.74) is 0.00892. The molecule has 1 aromatic rings. The van der Waals surface area contributed by atoms with Crippen LogP contribution >= 0.6 is 0 Å². The van der Waals surface area contributed by atoms with Gasteiger partial charge in [-0.3, -0.25) is 14.9 Å². The molecular formula is C20H28N2O6S. The molecule has 1 fully saturated rings. The van der Waals surface area contributed by atoms with Gasteiger partial charge in [0.2, 0.25) is 15.9 Å². The highest BCUT2D eigenvalue weighted by molar-refractivity contribution is 7.89. The number of imide groups is 1. The molecule has 0 heterocycles. The van der Waals surface area contributed by atoms with Gasteiger partial charge >= 0.3 is 5.97 Å². The van der Waals surface area contributed by atoms with E-state index in [4.69, 9.17) is 4.74 Å². The van der Waals surface area contributed by atoms with Gasteiger partial charge in [-0.05, 0) is 44.9 Å². The Hall–Kier alpha value is -2.26. The molecule has 1 aromatic carbocycles. The highest BCUT2D eigenvalue weighted by Crippen LogP contribution is 2.23. The molecule has 0 spiro atoms. The quantitative estimate of drug-likeness (QED) is 0.671. The number of nitrogens with zero attached hydrogens (tertiary/aromatic N) is 1. The zero-order valence-corrected chi connectivity index (χ0v) is 17.8. The van der Waals surface area contributed by atoms with Crippen LogP contribution in [-0.2, 0) is 24.3 Å². The Balaban J connectivity index is 1.95. The second-order valence-corrected chi connectivity index (χ2v) is 9.46. The summed E-state index contributed by atoms with van der Waals surface area (Å²) in [5, 5.41) is 2.26. The lowest BCUT2D eigenvalue weighted by molar-refractivity contribution is -0.135. The molecule has 9 heteroatoms. The molecule has 2 amide bonds. The number of rotatable bonds is 7. The number of hydrogen-bond donors (Lipinski definition) is 1. The first-order valence-electron chi connectivity index (χ1n) is 9.72. The van der Waals surface area contributed by atoms with Crippen molar-refractivity contribution in [1.29, 1.82) is 0 Å². The highest BCUT2D eigenvalue weighted by Gasteiger charge is 2.25. The van der Waals surface area contributed by atoms with E-state index in [1.54, 1.807) is 13.8 Å². The number of benzene rings is 1. The van der Waals surface area contributed by atoms with Crippen LogP contribution in [0.2, 0.25) is 0 Å². The van der Waals surface area contributed by atoms with Crippen LogP contribution in [0.1, 0.15) is 56.3 Å². The first-order valence-corrected chi connectivity index (χ1v) is 11.2. The predicted molar refractivity (Wildman–Crippen MR) is 107 cm³/mol. The molecule has 2 rings (SSSR count). The van der Waals surface area contributed by atoms with Gasteiger partial charge < -0.3 is 4.74 Å². The molecular weight excluding hydrogens is 396 g/mol. The third kappa shape index (κ3) is 6.11. The Kier molecular flexibility index (Phi) is 7.92. The number of sulfonamides is 1. The van der Waals surface area contributed by atoms with E-state index in [1.165, 1.54) is 35.6 Å². The summed E-state index contributed by atoms with van der Waals surface area (Å²) < 4.78 is 31.3. The average molecular weight is 425 g/mol. The van der Waals surface area contributed by atoms with Gasteiger partial charge in [0.25, 0.3) is 5.91 Å². The summed E-state index contributed by atoms with van der Waals surface area (Å²) in [6, 6.07) is 5.19. The molecule has 1 aliphatic carbocycles. The number of carbonyl (C=O) groups is 3. The van der Waals surface area contributed by atoms with Crippen molar-refractivity contribution in [2.75, 3.05) is 13.7 Å². The summed E-state index contributed by atoms with van der Waals surface area (Å²) in [4.78, 5) is 36.1. The lowest BCUT2D eigenvalue weighted by Gasteiger charge is -2.21. The summed E-state index contributed by atoms with van der Waals surface area (Å²) in [5.74, 6) is -2.05. The van der Waals surface area contributed by atoms with Gasteiger partial charge in [-0.25, -0.2) is 13.2 Å². The minimum Gasteiger partial charge on any atom is -0.452 e. The van der Waals surface area contributed by atoms with Gasteiger partial charge in [0.15, 0.2) is 6.61 Å². The van der Waals surface area contributed by atoms with Crippen molar-refractivity contribution in [3.05, 3.63) is 29.8 Å². The zero-order valence-electron chi connectivity index (χ0n) is 17.0. The number of carbonyl (C=O) groups excluding carboxylic acids is 3. The van der Waals surface area contributed by atoms with Crippen molar-refractivity contribution in [3.63, 3.8) is 0 Å². The normalized spacial score (nSPS) is 15.3. The highest BCUT2D eigenvalue weighted by atomic mass is 32.2. The van der Waals surface area contributed by atoms with Crippen molar-refractivity contribution >= 4 is 27.8 Å². The van der Waals surface area contributed by atoms with Gasteiger partial charge in [0.05, 0.1) is 10.5 Å². The first kappa shape index (κ1) is 23.0. The molecule has 0 atom stereocenters. The van der Waals surface area contributed by atoms with E-state index in [0.717, 1.165) is 32.1 Å². The molecule has 8 nitrogen and oxygen atoms in total. The smallest absolute Gasteiger partial charge is 0.338 e. The molecule has 29 heavy (non-hydrogen) atoms. The maximum Gasteiger partial charge on any atom is 0.338 e. The molecule has 0 aromatic heterocycles. The Bertz CT molecular complexity index is 859. The minimum absolute atomic E-state index is 0.00892. The molecule has 160 valence electrons. The molecule has 0 radical (unpaired) electrons. The van der Waals surface area contributed by atoms with E-state index in [0.29, 0.717) is 0 Å². The van der Waals surface area contributed by atoms with Crippen LogP contribution in [0, 0.1) is 5.92 Å². The first-order chi connectivity index (χ1) is 13.6. The van der Waals surface area contributed by atoms with E-state index < -0.39 is 28.5 Å². The maximum atomic E-state index is 12.6. The van der Waals surface area contributed by atoms with Crippen LogP contribution in [0.3, 0.4) is 0 Å². The largest absolute Gasteiger partial charge is 0.452 e. The zero-order chi connectivity index (χ0) is 21.6. The molecule has 0 bridgehead atoms. The number of nitrogens with one attached hydrogen (secondary N) is 1. The SMILES string of the molecule is CC(C)N(C)S(=O)(=O)c1cccc(C(=O)OCC(=O)NC(=O)C2CCCCC2)c1. The van der Waals surface area contributed by atoms with Crippen LogP contribution in [0.15, 0.2) is 29.2 Å². The van der Waals surface area contributed by atoms with Gasteiger partial charge in [-0.15, -0.1) is 0 Å². The van der Waals surface area contributed by atoms with Gasteiger partial charge in [0.1, 0.15) is 0 Å². The van der Waals surface area contributed by atoms with E-state index in [-0.39, 0.29) is 28.3 Å². The van der Waals surface area contributed by atoms with Crippen LogP contribution in [-0.4, -0.2) is 50.2 Å². The van der Waals surface area contributed by atoms with E-state index in [1.807, 2.05) is 0 Å². The summed E-state index contributed by atoms with van der Waals surface area (Å²) in [7, 11) is -2.30. The maximum absolute atomic E-state index is 12.6. The monoisotopic (exact) mass is 424 g/mol. The van der Waals surface area contributed by atoms with Gasteiger partial charge in [-0.2, -0.15) is 4.31 Å². The molecule has 0 aliphatic heterocycles. The van der Waals surface area contributed by atoms with Crippen LogP contribution in [0.5, 0.6) is 0 Å². The molecule has 0 saturated heterocycles. The second kappa shape index (κ2) is 9.98. The fraction of sp³-hybridized carbons (Fsp3) is 0.550. The summed E-state index contributed by atoms with van der Waals surface area (Å²) in [6.45, 7) is 2.87. The fourth-order valence-electron chi connectivity index (χ4n) is 3.08. The van der Waals surface area contributed by atoms with E-state index in [9.17, 15) is 22.8 Å². The van der Waals surface area contributed by atoms with Crippen molar-refractivity contribution in [3.8, 4) is 0 Å². The lowest BCUT2D eigenvalue weighted by Crippen LogP contribution is -2.38. The Morgan fingerprint density at radius 3 is 2.45 bits per heavy atom. The number of hydrogen-bond acceptors (Lipinski definition) is 6. The van der Waals surface area contributed by atoms with E-state index >= 15 is 0 Å². The standard InChI is InChI=1S/C20H28N2O6S/c1-14(2)22(3)29(26,27)17-11-7-10-16(12-17)20(25)28-13-18(23)21-19(24)15-8-5-4-6-9-15/h7,10-12,14-15H,4-6,8-9,13H2,1-3H3,(H,21,23,24). The van der Waals surface area contributed by atoms with Crippen LogP contribution < -0.4 is 5.32 Å². The topological polar surface area (TPSA) is 110 Å². The van der Waals surface area contributed by atoms with Crippen LogP contribution in [0.25, 0.3) is 0 Å². The number of ether oxygens (including phenoxy) is 1. The van der Waals surface area contributed by atoms with Crippen molar-refractivity contribution < 1.29 is 27.5 Å². The number of esters is 1. The fourth-order valence-corrected chi connectivity index (χ4v) is 4.50.